The number of hydrogen-bond acceptors (Lipinski definition) is 19. The van der Waals surface area contributed by atoms with Gasteiger partial charge in [0.05, 0.1) is 25.6 Å². The maximum atomic E-state index is 12.7. The number of allylic oxidation sites excluding steroid dienone is 1. The molecule has 320 valence electrons. The van der Waals surface area contributed by atoms with Crippen molar-refractivity contribution in [3.63, 3.8) is 0 Å². The fourth-order valence-electron chi connectivity index (χ4n) is 5.42. The van der Waals surface area contributed by atoms with E-state index in [2.05, 4.69) is 34.4 Å². The summed E-state index contributed by atoms with van der Waals surface area (Å²) in [6.45, 7) is 0.389. The highest BCUT2D eigenvalue weighted by molar-refractivity contribution is 8.14. The highest BCUT2D eigenvalue weighted by Gasteiger charge is 2.50. The number of phosphoric acid groups is 3. The summed E-state index contributed by atoms with van der Waals surface area (Å²) in [5, 5.41) is 35.9. The van der Waals surface area contributed by atoms with Crippen LogP contribution >= 0.6 is 35.2 Å². The molecule has 8 atom stereocenters. The monoisotopic (exact) mass is 891 g/mol. The van der Waals surface area contributed by atoms with Crippen molar-refractivity contribution in [3.05, 3.63) is 24.3 Å². The first-order chi connectivity index (χ1) is 26.5. The Bertz CT molecular complexity index is 1950. The fraction of sp³-hybridized carbons (Fsp3) is 0.643. The Balaban J connectivity index is 1.22. The van der Waals surface area contributed by atoms with Crippen LogP contribution in [0.2, 0.25) is 0 Å². The molecule has 4 rings (SSSR count). The van der Waals surface area contributed by atoms with E-state index in [1.807, 2.05) is 0 Å². The molecule has 0 spiro atoms. The summed E-state index contributed by atoms with van der Waals surface area (Å²) < 4.78 is 62.1. The number of rotatable bonds is 20. The Morgan fingerprint density at radius 3 is 2.46 bits per heavy atom. The Hall–Kier alpha value is -2.74. The number of nitrogens with one attached hydrogen (secondary N) is 2. The molecule has 0 saturated carbocycles. The van der Waals surface area contributed by atoms with Crippen molar-refractivity contribution in [2.75, 3.05) is 37.8 Å². The van der Waals surface area contributed by atoms with Gasteiger partial charge in [-0.15, -0.1) is 0 Å². The van der Waals surface area contributed by atoms with Crippen molar-refractivity contribution in [3.8, 4) is 0 Å². The predicted octanol–water partition coefficient (Wildman–Crippen LogP) is -0.864. The van der Waals surface area contributed by atoms with Crippen LogP contribution in [-0.4, -0.2) is 134 Å². The number of anilines is 1. The predicted molar refractivity (Wildman–Crippen MR) is 195 cm³/mol. The number of thioether (sulfide) groups is 1. The van der Waals surface area contributed by atoms with E-state index >= 15 is 0 Å². The molecule has 1 fully saturated rings. The highest BCUT2D eigenvalue weighted by Crippen LogP contribution is 2.61. The molecule has 2 aliphatic rings. The summed E-state index contributed by atoms with van der Waals surface area (Å²) in [4.78, 5) is 87.9. The van der Waals surface area contributed by atoms with Crippen LogP contribution in [0.5, 0.6) is 0 Å². The van der Waals surface area contributed by atoms with E-state index in [1.165, 1.54) is 13.8 Å². The normalized spacial score (nSPS) is 24.3. The lowest BCUT2D eigenvalue weighted by atomic mass is 9.87. The van der Waals surface area contributed by atoms with Gasteiger partial charge < -0.3 is 56.0 Å². The average Bonchev–Trinajstić information content (AvgIpc) is 3.68. The van der Waals surface area contributed by atoms with Crippen molar-refractivity contribution in [2.45, 2.75) is 76.3 Å². The highest BCUT2D eigenvalue weighted by atomic mass is 32.2. The van der Waals surface area contributed by atoms with Crippen LogP contribution in [0, 0.1) is 5.41 Å². The lowest BCUT2D eigenvalue weighted by molar-refractivity contribution is -0.137. The Morgan fingerprint density at radius 2 is 1.77 bits per heavy atom. The first kappa shape index (κ1) is 46.9. The number of aromatic nitrogens is 4. The van der Waals surface area contributed by atoms with Crippen LogP contribution in [0.4, 0.5) is 5.82 Å². The van der Waals surface area contributed by atoms with Gasteiger partial charge in [0, 0.05) is 42.7 Å². The van der Waals surface area contributed by atoms with Gasteiger partial charge >= 0.3 is 23.5 Å². The molecule has 1 aliphatic carbocycles. The molecule has 0 bridgehead atoms. The van der Waals surface area contributed by atoms with E-state index in [0.717, 1.165) is 29.0 Å². The molecule has 11 N–H and O–H groups in total. The number of nitrogens with two attached hydrogens (primary N) is 1. The van der Waals surface area contributed by atoms with E-state index in [4.69, 9.17) is 19.5 Å². The number of ether oxygens (including phenoxy) is 1. The summed E-state index contributed by atoms with van der Waals surface area (Å²) in [5.41, 5.74) is 4.78. The van der Waals surface area contributed by atoms with Crippen LogP contribution in [0.15, 0.2) is 24.3 Å². The molecule has 1 saturated heterocycles. The summed E-state index contributed by atoms with van der Waals surface area (Å²) in [7, 11) is -16.4. The Morgan fingerprint density at radius 1 is 1.07 bits per heavy atom. The zero-order chi connectivity index (χ0) is 42.3. The molecule has 0 aromatic carbocycles. The van der Waals surface area contributed by atoms with E-state index in [0.29, 0.717) is 18.4 Å². The molecule has 29 heteroatoms. The SMILES string of the molecule is CC(C)(COP(=O)(O)OP(=O)(O)OC[C@H]1O[C@@H](n2cnc3c(N)ncnc32)[C@H](O)[C@@H]1OP(=O)(O)O)[C@@H](O)C(=O)NCCC(=O)NCCSC(=O)C1=CCC[C@H](O)C1. The van der Waals surface area contributed by atoms with E-state index in [-0.39, 0.29) is 53.8 Å². The third-order valence-corrected chi connectivity index (χ3v) is 12.4. The van der Waals surface area contributed by atoms with Crippen LogP contribution in [0.25, 0.3) is 11.2 Å². The van der Waals surface area contributed by atoms with Gasteiger partial charge in [-0.3, -0.25) is 32.5 Å². The average molecular weight is 892 g/mol. The number of nitrogen functional groups attached to an aromatic ring is 1. The maximum absolute atomic E-state index is 12.7. The third kappa shape index (κ3) is 13.6. The van der Waals surface area contributed by atoms with E-state index < -0.39 is 90.7 Å². The number of aliphatic hydroxyl groups is 3. The fourth-order valence-corrected chi connectivity index (χ4v) is 8.99. The molecule has 2 unspecified atom stereocenters. The number of imidazole rings is 1. The molecule has 1 aliphatic heterocycles. The van der Waals surface area contributed by atoms with Gasteiger partial charge in [0.15, 0.2) is 17.7 Å². The number of phosphoric ester groups is 3. The summed E-state index contributed by atoms with van der Waals surface area (Å²) in [6.07, 6.45) is -4.24. The lowest BCUT2D eigenvalue weighted by Gasteiger charge is -2.30. The zero-order valence-corrected chi connectivity index (χ0v) is 33.8. The van der Waals surface area contributed by atoms with Gasteiger partial charge in [0.25, 0.3) is 0 Å². The molecular formula is C28H44N7O18P3S. The van der Waals surface area contributed by atoms with Gasteiger partial charge in [0.2, 0.25) is 16.9 Å². The summed E-state index contributed by atoms with van der Waals surface area (Å²) >= 11 is 0.999. The van der Waals surface area contributed by atoms with Crippen molar-refractivity contribution in [1.82, 2.24) is 30.2 Å². The largest absolute Gasteiger partial charge is 0.481 e. The van der Waals surface area contributed by atoms with E-state index in [9.17, 15) is 63.0 Å². The second-order valence-corrected chi connectivity index (χ2v) is 18.7. The molecule has 2 aromatic heterocycles. The minimum atomic E-state index is -5.58. The van der Waals surface area contributed by atoms with Gasteiger partial charge in [-0.25, -0.2) is 28.6 Å². The second-order valence-electron chi connectivity index (χ2n) is 13.4. The summed E-state index contributed by atoms with van der Waals surface area (Å²) in [6, 6.07) is 0. The Labute approximate surface area is 328 Å². The topological polar surface area (TPSA) is 384 Å². The van der Waals surface area contributed by atoms with Crippen molar-refractivity contribution in [2.24, 2.45) is 5.41 Å². The van der Waals surface area contributed by atoms with Crippen molar-refractivity contribution >= 4 is 69.1 Å². The molecule has 3 heterocycles. The quantitative estimate of drug-likeness (QED) is 0.0571. The standard InChI is InChI=1S/C28H44N7O18P3S/c1-28(2,22(39)25(40)31-7-6-18(37)30-8-9-57-27(41)15-4-3-5-16(36)10-15)12-50-56(47,48)53-55(45,46)49-11-17-21(52-54(42,43)44)20(38)26(51-17)35-14-34-19-23(29)32-13-33-24(19)35/h4,13-14,16-17,20-22,26,36,38-39H,3,5-12H2,1-2H3,(H,30,37)(H,31,40)(H,45,46)(H,47,48)(H2,29,32,33)(H2,42,43,44)/t16-,17+,20+,21+,22-,26+/m0/s1. The number of hydrogen-bond donors (Lipinski definition) is 10. The van der Waals surface area contributed by atoms with Crippen molar-refractivity contribution < 1.29 is 85.6 Å². The zero-order valence-electron chi connectivity index (χ0n) is 30.3. The second kappa shape index (κ2) is 19.5. The van der Waals surface area contributed by atoms with Crippen LogP contribution in [0.3, 0.4) is 0 Å². The molecule has 25 nitrogen and oxygen atoms in total. The van der Waals surface area contributed by atoms with Gasteiger partial charge in [0.1, 0.15) is 36.3 Å². The molecule has 2 amide bonds. The van der Waals surface area contributed by atoms with Gasteiger partial charge in [-0.1, -0.05) is 31.7 Å². The van der Waals surface area contributed by atoms with Crippen molar-refractivity contribution in [1.29, 1.82) is 0 Å². The third-order valence-electron chi connectivity index (χ3n) is 8.34. The maximum Gasteiger partial charge on any atom is 0.481 e. The van der Waals surface area contributed by atoms with Gasteiger partial charge in [-0.05, 0) is 12.8 Å². The number of nitrogens with zero attached hydrogens (tertiary/aromatic N) is 4. The number of aliphatic hydroxyl groups excluding tert-OH is 3. The Kier molecular flexibility index (Phi) is 16.1. The molecule has 0 radical (unpaired) electrons. The molecule has 57 heavy (non-hydrogen) atoms. The first-order valence-corrected chi connectivity index (χ1v) is 22.4. The number of fused-ring (bicyclic) bond motifs is 1. The van der Waals surface area contributed by atoms with Crippen LogP contribution in [0.1, 0.15) is 45.8 Å². The van der Waals surface area contributed by atoms with E-state index in [1.54, 1.807) is 6.08 Å². The minimum Gasteiger partial charge on any atom is -0.393 e. The minimum absolute atomic E-state index is 0.0266. The smallest absolute Gasteiger partial charge is 0.393 e. The van der Waals surface area contributed by atoms with Gasteiger partial charge in [-0.2, -0.15) is 4.31 Å². The summed E-state index contributed by atoms with van der Waals surface area (Å²) in [5.74, 6) is -1.22. The number of amides is 2. The number of carbonyl (C=O) groups excluding carboxylic acids is 3. The van der Waals surface area contributed by atoms with Crippen LogP contribution < -0.4 is 16.4 Å². The molecule has 2 aromatic rings. The van der Waals surface area contributed by atoms with Crippen LogP contribution in [-0.2, 0) is 50.7 Å². The lowest BCUT2D eigenvalue weighted by Crippen LogP contribution is -2.46. The first-order valence-electron chi connectivity index (χ1n) is 16.9. The molecular weight excluding hydrogens is 847 g/mol. The number of carbonyl (C=O) groups is 3.